The van der Waals surface area contributed by atoms with Gasteiger partial charge in [-0.1, -0.05) is 18.6 Å². The molecule has 0 radical (unpaired) electrons. The van der Waals surface area contributed by atoms with E-state index >= 15 is 0 Å². The van der Waals surface area contributed by atoms with Crippen molar-refractivity contribution in [3.63, 3.8) is 0 Å². The van der Waals surface area contributed by atoms with Gasteiger partial charge in [-0.2, -0.15) is 0 Å². The van der Waals surface area contributed by atoms with Crippen LogP contribution in [-0.4, -0.2) is 26.2 Å². The quantitative estimate of drug-likeness (QED) is 0.858. The van der Waals surface area contributed by atoms with E-state index in [2.05, 4.69) is 5.32 Å². The third-order valence-electron chi connectivity index (χ3n) is 5.71. The van der Waals surface area contributed by atoms with Crippen LogP contribution in [0, 0.1) is 12.8 Å². The van der Waals surface area contributed by atoms with Gasteiger partial charge in [0.05, 0.1) is 13.7 Å². The fraction of sp³-hybridized carbons (Fsp3) is 0.455. The summed E-state index contributed by atoms with van der Waals surface area (Å²) in [6, 6.07) is 7.65. The summed E-state index contributed by atoms with van der Waals surface area (Å²) < 4.78 is 16.6. The van der Waals surface area contributed by atoms with Crippen LogP contribution in [0.3, 0.4) is 0 Å². The Labute approximate surface area is 163 Å². The fourth-order valence-electron chi connectivity index (χ4n) is 3.87. The molecule has 2 aliphatic rings. The number of para-hydroxylation sites is 1. The lowest BCUT2D eigenvalue weighted by molar-refractivity contribution is 0.0933. The van der Waals surface area contributed by atoms with Crippen LogP contribution < -0.4 is 20.4 Å². The normalized spacial score (nSPS) is 18.6. The number of fused-ring (bicyclic) bond motifs is 1. The molecule has 1 unspecified atom stereocenters. The van der Waals surface area contributed by atoms with Gasteiger partial charge in [-0.3, -0.25) is 4.79 Å². The van der Waals surface area contributed by atoms with E-state index in [1.165, 1.54) is 0 Å². The van der Waals surface area contributed by atoms with Gasteiger partial charge in [0.1, 0.15) is 11.3 Å². The summed E-state index contributed by atoms with van der Waals surface area (Å²) in [6.07, 6.45) is 4.03. The molecule has 0 saturated heterocycles. The molecule has 148 valence electrons. The van der Waals surface area contributed by atoms with Gasteiger partial charge in [-0.05, 0) is 49.4 Å². The molecule has 1 aromatic carbocycles. The zero-order valence-electron chi connectivity index (χ0n) is 16.2. The highest BCUT2D eigenvalue weighted by atomic mass is 16.5. The summed E-state index contributed by atoms with van der Waals surface area (Å²) in [6.45, 7) is 2.71. The Morgan fingerprint density at radius 3 is 2.82 bits per heavy atom. The molecule has 1 aromatic heterocycles. The molecule has 1 fully saturated rings. The maximum atomic E-state index is 12.6. The van der Waals surface area contributed by atoms with E-state index in [9.17, 15) is 9.59 Å². The highest BCUT2D eigenvalue weighted by molar-refractivity contribution is 5.95. The lowest BCUT2D eigenvalue weighted by atomic mass is 9.83. The van der Waals surface area contributed by atoms with Gasteiger partial charge in [-0.15, -0.1) is 0 Å². The van der Waals surface area contributed by atoms with E-state index in [0.29, 0.717) is 30.4 Å². The van der Waals surface area contributed by atoms with Crippen molar-refractivity contribution >= 4 is 5.91 Å². The molecule has 28 heavy (non-hydrogen) atoms. The molecule has 2 aromatic rings. The third kappa shape index (κ3) is 3.51. The topological polar surface area (TPSA) is 77.8 Å². The summed E-state index contributed by atoms with van der Waals surface area (Å²) in [5.74, 6) is 2.26. The number of ether oxygens (including phenoxy) is 2. The summed E-state index contributed by atoms with van der Waals surface area (Å²) in [5.41, 5.74) is 1.28. The first-order valence-electron chi connectivity index (χ1n) is 9.78. The second-order valence-electron chi connectivity index (χ2n) is 7.66. The highest BCUT2D eigenvalue weighted by Crippen LogP contribution is 2.37. The van der Waals surface area contributed by atoms with Gasteiger partial charge in [-0.25, -0.2) is 4.79 Å². The molecule has 1 aliphatic heterocycles. The van der Waals surface area contributed by atoms with Crippen LogP contribution in [0.25, 0.3) is 0 Å². The van der Waals surface area contributed by atoms with Gasteiger partial charge in [0.15, 0.2) is 11.5 Å². The number of carbonyl (C=O) groups excluding carboxylic acids is 1. The fourth-order valence-corrected chi connectivity index (χ4v) is 3.87. The average Bonchev–Trinajstić information content (AvgIpc) is 2.63. The van der Waals surface area contributed by atoms with Crippen molar-refractivity contribution in [3.8, 4) is 11.5 Å². The van der Waals surface area contributed by atoms with Gasteiger partial charge in [0.25, 0.3) is 5.91 Å². The number of rotatable bonds is 5. The maximum absolute atomic E-state index is 12.6. The molecule has 1 atom stereocenters. The van der Waals surface area contributed by atoms with E-state index < -0.39 is 5.63 Å². The molecule has 1 amide bonds. The number of hydrogen-bond donors (Lipinski definition) is 1. The maximum Gasteiger partial charge on any atom is 0.349 e. The molecule has 1 saturated carbocycles. The smallest absolute Gasteiger partial charge is 0.349 e. The van der Waals surface area contributed by atoms with Gasteiger partial charge < -0.3 is 19.2 Å². The van der Waals surface area contributed by atoms with Crippen LogP contribution in [-0.2, 0) is 6.42 Å². The van der Waals surface area contributed by atoms with Crippen LogP contribution in [0.5, 0.6) is 11.5 Å². The first kappa shape index (κ1) is 18.6. The Balaban J connectivity index is 1.41. The Bertz CT molecular complexity index is 944. The third-order valence-corrected chi connectivity index (χ3v) is 5.71. The molecule has 6 nitrogen and oxygen atoms in total. The second-order valence-corrected chi connectivity index (χ2v) is 7.66. The molecule has 1 N–H and O–H groups in total. The van der Waals surface area contributed by atoms with Crippen molar-refractivity contribution in [1.82, 2.24) is 5.32 Å². The van der Waals surface area contributed by atoms with Gasteiger partial charge in [0.2, 0.25) is 0 Å². The number of hydrogen-bond acceptors (Lipinski definition) is 5. The molecular formula is C22H25NO5. The van der Waals surface area contributed by atoms with Crippen LogP contribution in [0.15, 0.2) is 33.5 Å². The first-order chi connectivity index (χ1) is 13.6. The Hall–Kier alpha value is -2.76. The minimum atomic E-state index is -0.547. The van der Waals surface area contributed by atoms with Crippen LogP contribution in [0.1, 0.15) is 52.4 Å². The number of amides is 1. The van der Waals surface area contributed by atoms with E-state index in [0.717, 1.165) is 42.7 Å². The lowest BCUT2D eigenvalue weighted by Crippen LogP contribution is -2.37. The van der Waals surface area contributed by atoms with E-state index in [-0.39, 0.29) is 17.4 Å². The van der Waals surface area contributed by atoms with Crippen molar-refractivity contribution < 1.29 is 18.7 Å². The summed E-state index contributed by atoms with van der Waals surface area (Å²) in [7, 11) is 1.62. The molecule has 4 rings (SSSR count). The van der Waals surface area contributed by atoms with Gasteiger partial charge in [0, 0.05) is 18.4 Å². The van der Waals surface area contributed by atoms with Crippen molar-refractivity contribution in [2.24, 2.45) is 5.92 Å². The molecule has 0 spiro atoms. The second kappa shape index (κ2) is 7.70. The van der Waals surface area contributed by atoms with E-state index in [4.69, 9.17) is 13.9 Å². The summed E-state index contributed by atoms with van der Waals surface area (Å²) in [4.78, 5) is 25.0. The van der Waals surface area contributed by atoms with E-state index in [1.807, 2.05) is 24.3 Å². The van der Waals surface area contributed by atoms with Crippen LogP contribution in [0.2, 0.25) is 0 Å². The zero-order chi connectivity index (χ0) is 19.7. The SMILES string of the molecule is COc1cccc2c1OCC(CNC(=O)c1c(C)cc(C3CCC3)oc1=O)C2. The highest BCUT2D eigenvalue weighted by Gasteiger charge is 2.26. The zero-order valence-corrected chi connectivity index (χ0v) is 16.2. The number of methoxy groups -OCH3 is 1. The monoisotopic (exact) mass is 383 g/mol. The van der Waals surface area contributed by atoms with Crippen molar-refractivity contribution in [2.45, 2.75) is 38.5 Å². The van der Waals surface area contributed by atoms with Crippen LogP contribution in [0.4, 0.5) is 0 Å². The number of carbonyl (C=O) groups is 1. The Morgan fingerprint density at radius 1 is 1.32 bits per heavy atom. The van der Waals surface area contributed by atoms with Gasteiger partial charge >= 0.3 is 5.63 Å². The number of aryl methyl sites for hydroxylation is 1. The van der Waals surface area contributed by atoms with Crippen molar-refractivity contribution in [1.29, 1.82) is 0 Å². The lowest BCUT2D eigenvalue weighted by Gasteiger charge is -2.26. The Morgan fingerprint density at radius 2 is 2.14 bits per heavy atom. The first-order valence-corrected chi connectivity index (χ1v) is 9.78. The Kier molecular flexibility index (Phi) is 5.11. The minimum Gasteiger partial charge on any atom is -0.493 e. The predicted molar refractivity (Wildman–Crippen MR) is 104 cm³/mol. The average molecular weight is 383 g/mol. The molecular weight excluding hydrogens is 358 g/mol. The minimum absolute atomic E-state index is 0.0990. The molecule has 2 heterocycles. The van der Waals surface area contributed by atoms with Crippen molar-refractivity contribution in [2.75, 3.05) is 20.3 Å². The van der Waals surface area contributed by atoms with Crippen LogP contribution >= 0.6 is 0 Å². The standard InChI is InChI=1S/C22H25NO5/c1-13-9-18(15-5-3-6-15)28-22(25)19(13)21(24)23-11-14-10-16-7-4-8-17(26-2)20(16)27-12-14/h4,7-9,14-15H,3,5-6,10-12H2,1-2H3,(H,23,24). The molecule has 6 heteroatoms. The number of nitrogens with one attached hydrogen (secondary N) is 1. The summed E-state index contributed by atoms with van der Waals surface area (Å²) >= 11 is 0. The molecule has 0 bridgehead atoms. The predicted octanol–water partition coefficient (Wildman–Crippen LogP) is 3.21. The van der Waals surface area contributed by atoms with E-state index in [1.54, 1.807) is 14.0 Å². The summed E-state index contributed by atoms with van der Waals surface area (Å²) in [5, 5.41) is 2.88. The van der Waals surface area contributed by atoms with Crippen molar-refractivity contribution in [3.05, 3.63) is 57.1 Å². The number of benzene rings is 1. The molecule has 1 aliphatic carbocycles. The largest absolute Gasteiger partial charge is 0.493 e.